The predicted molar refractivity (Wildman–Crippen MR) is 88.8 cm³/mol. The molecule has 2 aromatic carbocycles. The minimum absolute atomic E-state index is 0.0645. The third-order valence-electron chi connectivity index (χ3n) is 3.04. The number of para-hydroxylation sites is 1. The van der Waals surface area contributed by atoms with E-state index in [1.54, 1.807) is 23.1 Å². The second-order valence-corrected chi connectivity index (χ2v) is 6.23. The van der Waals surface area contributed by atoms with Crippen LogP contribution in [0.2, 0.25) is 0 Å². The van der Waals surface area contributed by atoms with Gasteiger partial charge >= 0.3 is 0 Å². The molecule has 5 heteroatoms. The molecule has 0 N–H and O–H groups in total. The van der Waals surface area contributed by atoms with Gasteiger partial charge in [0.25, 0.3) is 0 Å². The maximum atomic E-state index is 12.6. The molecule has 1 aromatic heterocycles. The minimum atomic E-state index is -0.0645. The van der Waals surface area contributed by atoms with Crippen molar-refractivity contribution in [1.29, 1.82) is 0 Å². The summed E-state index contributed by atoms with van der Waals surface area (Å²) >= 11 is 6.80. The van der Waals surface area contributed by atoms with Crippen LogP contribution in [0, 0.1) is 0 Å². The fourth-order valence-corrected chi connectivity index (χ4v) is 2.78. The smallest absolute Gasteiger partial charge is 0.197 e. The molecule has 1 heterocycles. The first-order valence-corrected chi connectivity index (χ1v) is 7.83. The van der Waals surface area contributed by atoms with Gasteiger partial charge in [-0.2, -0.15) is 5.10 Å². The number of rotatable bonds is 3. The lowest BCUT2D eigenvalue weighted by atomic mass is 10.1. The van der Waals surface area contributed by atoms with Gasteiger partial charge in [-0.05, 0) is 30.3 Å². The lowest BCUT2D eigenvalue weighted by Crippen LogP contribution is -2.01. The highest BCUT2D eigenvalue weighted by Crippen LogP contribution is 2.24. The van der Waals surface area contributed by atoms with Gasteiger partial charge in [-0.3, -0.25) is 4.79 Å². The van der Waals surface area contributed by atoms with Crippen molar-refractivity contribution in [1.82, 2.24) is 9.78 Å². The van der Waals surface area contributed by atoms with Crippen LogP contribution in [0.15, 0.2) is 69.9 Å². The van der Waals surface area contributed by atoms with E-state index in [0.29, 0.717) is 11.1 Å². The van der Waals surface area contributed by atoms with Crippen LogP contribution >= 0.6 is 31.9 Å². The molecule has 21 heavy (non-hydrogen) atoms. The van der Waals surface area contributed by atoms with Crippen LogP contribution in [0.3, 0.4) is 0 Å². The topological polar surface area (TPSA) is 34.9 Å². The summed E-state index contributed by atoms with van der Waals surface area (Å²) in [6.45, 7) is 0. The summed E-state index contributed by atoms with van der Waals surface area (Å²) in [7, 11) is 0. The number of benzene rings is 2. The second-order valence-electron chi connectivity index (χ2n) is 4.46. The van der Waals surface area contributed by atoms with E-state index in [0.717, 1.165) is 14.6 Å². The number of halogens is 2. The van der Waals surface area contributed by atoms with Crippen molar-refractivity contribution in [3.63, 3.8) is 0 Å². The van der Waals surface area contributed by atoms with E-state index in [1.807, 2.05) is 42.5 Å². The number of ketones is 1. The van der Waals surface area contributed by atoms with Crippen LogP contribution in [-0.2, 0) is 0 Å². The van der Waals surface area contributed by atoms with Crippen LogP contribution in [0.4, 0.5) is 0 Å². The summed E-state index contributed by atoms with van der Waals surface area (Å²) in [5, 5.41) is 4.25. The van der Waals surface area contributed by atoms with Crippen molar-refractivity contribution in [2.75, 3.05) is 0 Å². The quantitative estimate of drug-likeness (QED) is 0.595. The first kappa shape index (κ1) is 14.2. The molecule has 0 aliphatic heterocycles. The van der Waals surface area contributed by atoms with E-state index in [4.69, 9.17) is 0 Å². The van der Waals surface area contributed by atoms with Crippen LogP contribution in [-0.4, -0.2) is 15.6 Å². The first-order chi connectivity index (χ1) is 10.1. The van der Waals surface area contributed by atoms with Gasteiger partial charge in [0.1, 0.15) is 0 Å². The Balaban J connectivity index is 1.96. The van der Waals surface area contributed by atoms with Gasteiger partial charge in [0.05, 0.1) is 17.4 Å². The van der Waals surface area contributed by atoms with E-state index in [2.05, 4.69) is 37.0 Å². The molecule has 0 fully saturated rings. The van der Waals surface area contributed by atoms with E-state index in [1.165, 1.54) is 0 Å². The molecule has 104 valence electrons. The van der Waals surface area contributed by atoms with E-state index >= 15 is 0 Å². The standard InChI is InChI=1S/C16H10Br2N2O/c17-12-6-7-15(18)14(8-12)16(21)11-9-19-20(10-11)13-4-2-1-3-5-13/h1-10H. The van der Waals surface area contributed by atoms with Crippen LogP contribution in [0.5, 0.6) is 0 Å². The Kier molecular flexibility index (Phi) is 4.03. The number of hydrogen-bond acceptors (Lipinski definition) is 2. The largest absolute Gasteiger partial charge is 0.288 e. The fraction of sp³-hybridized carbons (Fsp3) is 0. The molecule has 3 nitrogen and oxygen atoms in total. The van der Waals surface area contributed by atoms with Gasteiger partial charge in [-0.25, -0.2) is 4.68 Å². The van der Waals surface area contributed by atoms with E-state index in [9.17, 15) is 4.79 Å². The molecule has 0 saturated carbocycles. The van der Waals surface area contributed by atoms with Gasteiger partial charge in [0.2, 0.25) is 0 Å². The third-order valence-corrected chi connectivity index (χ3v) is 4.22. The summed E-state index contributed by atoms with van der Waals surface area (Å²) in [4.78, 5) is 12.6. The maximum absolute atomic E-state index is 12.6. The maximum Gasteiger partial charge on any atom is 0.197 e. The molecule has 3 rings (SSSR count). The van der Waals surface area contributed by atoms with Crippen molar-refractivity contribution in [3.05, 3.63) is 81.0 Å². The average molecular weight is 406 g/mol. The number of carbonyl (C=O) groups is 1. The van der Waals surface area contributed by atoms with E-state index < -0.39 is 0 Å². The molecule has 0 aliphatic rings. The van der Waals surface area contributed by atoms with Crippen molar-refractivity contribution in [2.45, 2.75) is 0 Å². The Hall–Kier alpha value is -1.72. The van der Waals surface area contributed by atoms with Crippen LogP contribution in [0.1, 0.15) is 15.9 Å². The van der Waals surface area contributed by atoms with Gasteiger partial charge < -0.3 is 0 Å². The zero-order valence-corrected chi connectivity index (χ0v) is 14.0. The molecule has 0 bridgehead atoms. The van der Waals surface area contributed by atoms with Crippen molar-refractivity contribution in [3.8, 4) is 5.69 Å². The Morgan fingerprint density at radius 1 is 1.05 bits per heavy atom. The molecule has 0 amide bonds. The zero-order valence-electron chi connectivity index (χ0n) is 10.8. The highest BCUT2D eigenvalue weighted by atomic mass is 79.9. The molecular weight excluding hydrogens is 396 g/mol. The van der Waals surface area contributed by atoms with Crippen molar-refractivity contribution in [2.24, 2.45) is 0 Å². The average Bonchev–Trinajstić information content (AvgIpc) is 3.00. The molecule has 0 saturated heterocycles. The summed E-state index contributed by atoms with van der Waals surface area (Å²) < 4.78 is 3.33. The lowest BCUT2D eigenvalue weighted by molar-refractivity contribution is 0.103. The first-order valence-electron chi connectivity index (χ1n) is 6.25. The minimum Gasteiger partial charge on any atom is -0.288 e. The van der Waals surface area contributed by atoms with E-state index in [-0.39, 0.29) is 5.78 Å². The highest BCUT2D eigenvalue weighted by Gasteiger charge is 2.15. The monoisotopic (exact) mass is 404 g/mol. The Morgan fingerprint density at radius 2 is 1.81 bits per heavy atom. The molecule has 0 unspecified atom stereocenters. The molecule has 3 aromatic rings. The second kappa shape index (κ2) is 5.95. The lowest BCUT2D eigenvalue weighted by Gasteiger charge is -2.02. The summed E-state index contributed by atoms with van der Waals surface area (Å²) in [5.41, 5.74) is 2.08. The van der Waals surface area contributed by atoms with Crippen molar-refractivity contribution >= 4 is 37.6 Å². The van der Waals surface area contributed by atoms with Crippen LogP contribution in [0.25, 0.3) is 5.69 Å². The zero-order chi connectivity index (χ0) is 14.8. The Morgan fingerprint density at radius 3 is 2.57 bits per heavy atom. The normalized spacial score (nSPS) is 10.6. The summed E-state index contributed by atoms with van der Waals surface area (Å²) in [6.07, 6.45) is 3.33. The third kappa shape index (κ3) is 2.99. The predicted octanol–water partition coefficient (Wildman–Crippen LogP) is 4.63. The van der Waals surface area contributed by atoms with Gasteiger partial charge in [0, 0.05) is 20.7 Å². The molecule has 0 atom stereocenters. The van der Waals surface area contributed by atoms with Gasteiger partial charge in [-0.15, -0.1) is 0 Å². The van der Waals surface area contributed by atoms with Crippen molar-refractivity contribution < 1.29 is 4.79 Å². The fourth-order valence-electron chi connectivity index (χ4n) is 1.99. The molecule has 0 aliphatic carbocycles. The molecular formula is C16H10Br2N2O. The Bertz CT molecular complexity index is 797. The highest BCUT2D eigenvalue weighted by molar-refractivity contribution is 9.11. The van der Waals surface area contributed by atoms with Gasteiger partial charge in [0.15, 0.2) is 5.78 Å². The summed E-state index contributed by atoms with van der Waals surface area (Å²) in [5.74, 6) is -0.0645. The van der Waals surface area contributed by atoms with Crippen LogP contribution < -0.4 is 0 Å². The molecule has 0 radical (unpaired) electrons. The van der Waals surface area contributed by atoms with Gasteiger partial charge in [-0.1, -0.05) is 50.1 Å². The SMILES string of the molecule is O=C(c1cnn(-c2ccccc2)c1)c1cc(Br)ccc1Br. The number of nitrogens with zero attached hydrogens (tertiary/aromatic N) is 2. The molecule has 0 spiro atoms. The Labute approximate surface area is 138 Å². The number of carbonyl (C=O) groups excluding carboxylic acids is 1. The number of hydrogen-bond donors (Lipinski definition) is 0. The summed E-state index contributed by atoms with van der Waals surface area (Å²) in [6, 6.07) is 15.2. The number of aromatic nitrogens is 2.